The van der Waals surface area contributed by atoms with Crippen molar-refractivity contribution < 1.29 is 14.3 Å². The lowest BCUT2D eigenvalue weighted by Crippen LogP contribution is -2.16. The van der Waals surface area contributed by atoms with Crippen LogP contribution in [0.1, 0.15) is 32.6 Å². The molecule has 2 aromatic carbocycles. The Morgan fingerprint density at radius 1 is 1.03 bits per heavy atom. The van der Waals surface area contributed by atoms with Crippen molar-refractivity contribution in [1.82, 2.24) is 4.98 Å². The van der Waals surface area contributed by atoms with Crippen LogP contribution in [-0.2, 0) is 4.79 Å². The van der Waals surface area contributed by atoms with Crippen molar-refractivity contribution in [2.24, 2.45) is 0 Å². The number of carbonyl (C=O) groups is 1. The maximum Gasteiger partial charge on any atom is 0.317 e. The number of nitrogens with zero attached hydrogens (tertiary/aromatic N) is 1. The Labute approximate surface area is 184 Å². The van der Waals surface area contributed by atoms with Crippen molar-refractivity contribution in [2.45, 2.75) is 43.1 Å². The Morgan fingerprint density at radius 3 is 2.17 bits per heavy atom. The molecule has 0 aliphatic heterocycles. The monoisotopic (exact) mass is 449 g/mol. The lowest BCUT2D eigenvalue weighted by Gasteiger charge is -2.08. The largest absolute Gasteiger partial charge is 0.480 e. The van der Waals surface area contributed by atoms with Crippen molar-refractivity contribution in [3.63, 3.8) is 0 Å². The smallest absolute Gasteiger partial charge is 0.317 e. The van der Waals surface area contributed by atoms with Crippen LogP contribution in [0.15, 0.2) is 58.2 Å². The average Bonchev–Trinajstić information content (AvgIpc) is 3.12. The molecule has 3 aromatic rings. The summed E-state index contributed by atoms with van der Waals surface area (Å²) in [6.07, 6.45) is 3.47. The van der Waals surface area contributed by atoms with Gasteiger partial charge in [0.05, 0.1) is 0 Å². The van der Waals surface area contributed by atoms with Gasteiger partial charge in [-0.1, -0.05) is 73.3 Å². The third-order valence-electron chi connectivity index (χ3n) is 4.42. The summed E-state index contributed by atoms with van der Waals surface area (Å²) in [6.45, 7) is 2.09. The van der Waals surface area contributed by atoms with Gasteiger partial charge in [-0.05, 0) is 42.8 Å². The van der Waals surface area contributed by atoms with E-state index in [1.165, 1.54) is 0 Å². The molecule has 0 aliphatic rings. The molecule has 1 atom stereocenters. The third-order valence-corrected chi connectivity index (χ3v) is 6.02. The third kappa shape index (κ3) is 5.78. The fraction of sp³-hybridized carbons (Fsp3) is 0.273. The zero-order valence-electron chi connectivity index (χ0n) is 15.9. The van der Waals surface area contributed by atoms with Crippen LogP contribution in [0.3, 0.4) is 0 Å². The lowest BCUT2D eigenvalue weighted by atomic mass is 10.1. The molecule has 152 valence electrons. The highest BCUT2D eigenvalue weighted by molar-refractivity contribution is 8.00. The predicted molar refractivity (Wildman–Crippen MR) is 119 cm³/mol. The first-order chi connectivity index (χ1) is 14.0. The van der Waals surface area contributed by atoms with Gasteiger partial charge >= 0.3 is 5.97 Å². The van der Waals surface area contributed by atoms with E-state index in [0.29, 0.717) is 33.1 Å². The Bertz CT molecular complexity index is 892. The van der Waals surface area contributed by atoms with E-state index in [1.807, 2.05) is 24.3 Å². The van der Waals surface area contributed by atoms with Crippen LogP contribution in [-0.4, -0.2) is 21.3 Å². The van der Waals surface area contributed by atoms with Gasteiger partial charge in [0.1, 0.15) is 10.9 Å². The molecule has 0 bridgehead atoms. The lowest BCUT2D eigenvalue weighted by molar-refractivity contribution is -0.136. The summed E-state index contributed by atoms with van der Waals surface area (Å²) in [5.74, 6) is -0.283. The van der Waals surface area contributed by atoms with E-state index < -0.39 is 11.2 Å². The Balaban J connectivity index is 1.96. The van der Waals surface area contributed by atoms with Crippen LogP contribution in [0.25, 0.3) is 22.6 Å². The first-order valence-electron chi connectivity index (χ1n) is 9.40. The summed E-state index contributed by atoms with van der Waals surface area (Å²) in [4.78, 5) is 16.3. The normalized spacial score (nSPS) is 12.1. The molecule has 0 saturated carbocycles. The number of halogens is 2. The van der Waals surface area contributed by atoms with Crippen LogP contribution < -0.4 is 0 Å². The second-order valence-electron chi connectivity index (χ2n) is 6.61. The molecule has 0 aliphatic carbocycles. The maximum atomic E-state index is 11.7. The molecule has 0 amide bonds. The summed E-state index contributed by atoms with van der Waals surface area (Å²) < 4.78 is 6.02. The van der Waals surface area contributed by atoms with E-state index in [0.717, 1.165) is 42.2 Å². The second kappa shape index (κ2) is 10.2. The highest BCUT2D eigenvalue weighted by atomic mass is 35.5. The molecule has 0 fully saturated rings. The molecule has 1 unspecified atom stereocenters. The number of oxazole rings is 1. The van der Waals surface area contributed by atoms with E-state index >= 15 is 0 Å². The number of unbranched alkanes of at least 4 members (excludes halogenated alkanes) is 2. The summed E-state index contributed by atoms with van der Waals surface area (Å²) in [5, 5.41) is 10.6. The van der Waals surface area contributed by atoms with Crippen molar-refractivity contribution in [3.8, 4) is 22.6 Å². The van der Waals surface area contributed by atoms with Gasteiger partial charge in [0.15, 0.2) is 5.76 Å². The van der Waals surface area contributed by atoms with Gasteiger partial charge in [0.2, 0.25) is 0 Å². The molecular formula is C22H21Cl2NO3S. The zero-order valence-corrected chi connectivity index (χ0v) is 18.2. The van der Waals surface area contributed by atoms with Crippen LogP contribution in [0.5, 0.6) is 0 Å². The van der Waals surface area contributed by atoms with Gasteiger partial charge in [-0.25, -0.2) is 4.98 Å². The standard InChI is InChI=1S/C22H21Cl2NO3S/c1-2-3-4-5-18(21(26)27)29-22-25-19(14-6-10-16(23)11-7-14)20(28-22)15-8-12-17(24)13-9-15/h6-13,18H,2-5H2,1H3,(H,26,27). The van der Waals surface area contributed by atoms with Gasteiger partial charge in [-0.15, -0.1) is 0 Å². The Kier molecular flexibility index (Phi) is 7.64. The molecule has 0 saturated heterocycles. The molecule has 0 spiro atoms. The fourth-order valence-corrected chi connectivity index (χ4v) is 4.04. The van der Waals surface area contributed by atoms with Crippen LogP contribution >= 0.6 is 35.0 Å². The molecule has 7 heteroatoms. The molecule has 0 radical (unpaired) electrons. The Hall–Kier alpha value is -1.95. The summed E-state index contributed by atoms with van der Waals surface area (Å²) in [6, 6.07) is 14.6. The molecule has 29 heavy (non-hydrogen) atoms. The van der Waals surface area contributed by atoms with E-state index in [-0.39, 0.29) is 0 Å². The summed E-state index contributed by atoms with van der Waals surface area (Å²) in [7, 11) is 0. The fourth-order valence-electron chi connectivity index (χ4n) is 2.89. The maximum absolute atomic E-state index is 11.7. The van der Waals surface area contributed by atoms with Crippen molar-refractivity contribution in [3.05, 3.63) is 58.6 Å². The number of hydrogen-bond donors (Lipinski definition) is 1. The average molecular weight is 450 g/mol. The van der Waals surface area contributed by atoms with Gasteiger partial charge < -0.3 is 9.52 Å². The van der Waals surface area contributed by atoms with Gasteiger partial charge in [0.25, 0.3) is 5.22 Å². The van der Waals surface area contributed by atoms with Crippen molar-refractivity contribution in [2.75, 3.05) is 0 Å². The van der Waals surface area contributed by atoms with Crippen LogP contribution in [0.4, 0.5) is 0 Å². The van der Waals surface area contributed by atoms with E-state index in [4.69, 9.17) is 27.6 Å². The first-order valence-corrected chi connectivity index (χ1v) is 11.0. The molecule has 3 rings (SSSR count). The van der Waals surface area contributed by atoms with Crippen LogP contribution in [0, 0.1) is 0 Å². The number of rotatable bonds is 9. The van der Waals surface area contributed by atoms with Crippen molar-refractivity contribution >= 4 is 40.9 Å². The SMILES string of the molecule is CCCCCC(Sc1nc(-c2ccc(Cl)cc2)c(-c2ccc(Cl)cc2)o1)C(=O)O. The van der Waals surface area contributed by atoms with Gasteiger partial charge in [-0.2, -0.15) is 0 Å². The van der Waals surface area contributed by atoms with Crippen LogP contribution in [0.2, 0.25) is 10.0 Å². The quantitative estimate of drug-likeness (QED) is 0.271. The van der Waals surface area contributed by atoms with Gasteiger partial charge in [-0.3, -0.25) is 4.79 Å². The highest BCUT2D eigenvalue weighted by Gasteiger charge is 2.24. The van der Waals surface area contributed by atoms with E-state index in [2.05, 4.69) is 11.9 Å². The number of aliphatic carboxylic acids is 1. The number of aromatic nitrogens is 1. The topological polar surface area (TPSA) is 63.3 Å². The number of benzene rings is 2. The minimum Gasteiger partial charge on any atom is -0.480 e. The Morgan fingerprint density at radius 2 is 1.62 bits per heavy atom. The van der Waals surface area contributed by atoms with E-state index in [9.17, 15) is 9.90 Å². The summed E-state index contributed by atoms with van der Waals surface area (Å²) >= 11 is 13.2. The van der Waals surface area contributed by atoms with E-state index in [1.54, 1.807) is 24.3 Å². The molecule has 1 heterocycles. The number of carboxylic acids is 1. The summed E-state index contributed by atoms with van der Waals surface area (Å²) in [5.41, 5.74) is 2.30. The molecule has 4 nitrogen and oxygen atoms in total. The second-order valence-corrected chi connectivity index (χ2v) is 8.64. The van der Waals surface area contributed by atoms with Gasteiger partial charge in [0, 0.05) is 21.2 Å². The first kappa shape index (κ1) is 21.8. The number of hydrogen-bond acceptors (Lipinski definition) is 4. The predicted octanol–water partition coefficient (Wildman–Crippen LogP) is 7.44. The van der Waals surface area contributed by atoms with Crippen molar-refractivity contribution in [1.29, 1.82) is 0 Å². The highest BCUT2D eigenvalue weighted by Crippen LogP contribution is 2.38. The minimum absolute atomic E-state index is 0.337. The zero-order chi connectivity index (χ0) is 20.8. The minimum atomic E-state index is -0.856. The molecule has 1 aromatic heterocycles. The number of carboxylic acid groups (broad SMARTS) is 1. The number of thioether (sulfide) groups is 1. The molecule has 1 N–H and O–H groups in total. The molecular weight excluding hydrogens is 429 g/mol.